The number of benzene rings is 2. The summed E-state index contributed by atoms with van der Waals surface area (Å²) in [5.74, 6) is -0.876. The summed E-state index contributed by atoms with van der Waals surface area (Å²) in [5.41, 5.74) is -0.0545. The van der Waals surface area contributed by atoms with Crippen LogP contribution in [0.4, 0.5) is 13.2 Å². The Morgan fingerprint density at radius 1 is 1.09 bits per heavy atom. The van der Waals surface area contributed by atoms with E-state index in [9.17, 15) is 26.4 Å². The molecular formula is C22H19F3O5S2. The molecule has 2 aromatic carbocycles. The lowest BCUT2D eigenvalue weighted by atomic mass is 10.1. The second kappa shape index (κ2) is 8.95. The lowest BCUT2D eigenvalue weighted by Gasteiger charge is -2.10. The fourth-order valence-electron chi connectivity index (χ4n) is 3.14. The van der Waals surface area contributed by atoms with Crippen molar-refractivity contribution in [1.29, 1.82) is 0 Å². The first kappa shape index (κ1) is 23.8. The number of aryl methyl sites for hydroxylation is 1. The Morgan fingerprint density at radius 2 is 1.75 bits per heavy atom. The Hall–Kier alpha value is -2.85. The van der Waals surface area contributed by atoms with Crippen LogP contribution in [0.3, 0.4) is 0 Å². The topological polar surface area (TPSA) is 80.7 Å². The molecule has 0 amide bonds. The summed E-state index contributed by atoms with van der Waals surface area (Å²) in [5, 5.41) is 9.08. The summed E-state index contributed by atoms with van der Waals surface area (Å²) < 4.78 is 70.5. The minimum Gasteiger partial charge on any atom is -0.494 e. The van der Waals surface area contributed by atoms with E-state index in [4.69, 9.17) is 9.84 Å². The van der Waals surface area contributed by atoms with Gasteiger partial charge in [-0.1, -0.05) is 12.1 Å². The molecule has 0 aliphatic rings. The summed E-state index contributed by atoms with van der Waals surface area (Å²) in [6.07, 6.45) is -4.83. The zero-order valence-electron chi connectivity index (χ0n) is 17.1. The summed E-state index contributed by atoms with van der Waals surface area (Å²) in [6, 6.07) is 10.0. The van der Waals surface area contributed by atoms with E-state index in [1.165, 1.54) is 36.4 Å². The average Bonchev–Trinajstić information content (AvgIpc) is 3.09. The monoisotopic (exact) mass is 484 g/mol. The SMILES string of the molecule is CCOc1cc(CC(=O)O)cc(S(=O)(=O)c2cc(-c3ccc(C(F)(F)F)cc3)sc2C)c1. The number of carbonyl (C=O) groups is 1. The van der Waals surface area contributed by atoms with E-state index in [2.05, 4.69) is 0 Å². The van der Waals surface area contributed by atoms with Gasteiger partial charge in [0.25, 0.3) is 0 Å². The Morgan fingerprint density at radius 3 is 2.31 bits per heavy atom. The highest BCUT2D eigenvalue weighted by Crippen LogP contribution is 2.38. The molecule has 10 heteroatoms. The van der Waals surface area contributed by atoms with E-state index >= 15 is 0 Å². The molecule has 1 N–H and O–H groups in total. The zero-order chi connectivity index (χ0) is 23.7. The van der Waals surface area contributed by atoms with Crippen molar-refractivity contribution in [3.8, 4) is 16.2 Å². The van der Waals surface area contributed by atoms with Crippen molar-refractivity contribution >= 4 is 27.1 Å². The number of halogens is 3. The summed E-state index contributed by atoms with van der Waals surface area (Å²) in [4.78, 5) is 12.0. The van der Waals surface area contributed by atoms with Crippen molar-refractivity contribution in [2.75, 3.05) is 6.61 Å². The van der Waals surface area contributed by atoms with Gasteiger partial charge in [-0.15, -0.1) is 11.3 Å². The number of ether oxygens (including phenoxy) is 1. The maximum atomic E-state index is 13.3. The molecule has 0 bridgehead atoms. The number of sulfone groups is 1. The van der Waals surface area contributed by atoms with Crippen LogP contribution in [0.5, 0.6) is 5.75 Å². The lowest BCUT2D eigenvalue weighted by Crippen LogP contribution is -2.06. The van der Waals surface area contributed by atoms with Gasteiger partial charge in [0.05, 0.1) is 28.4 Å². The summed E-state index contributed by atoms with van der Waals surface area (Å²) in [6.45, 7) is 3.60. The van der Waals surface area contributed by atoms with E-state index in [-0.39, 0.29) is 34.1 Å². The predicted molar refractivity (Wildman–Crippen MR) is 114 cm³/mol. The third-order valence-corrected chi connectivity index (χ3v) is 7.66. The molecule has 0 saturated heterocycles. The van der Waals surface area contributed by atoms with Crippen molar-refractivity contribution in [3.63, 3.8) is 0 Å². The quantitative estimate of drug-likeness (QED) is 0.472. The van der Waals surface area contributed by atoms with Crippen LogP contribution in [0, 0.1) is 6.92 Å². The molecule has 0 aliphatic carbocycles. The van der Waals surface area contributed by atoms with Gasteiger partial charge in [0.1, 0.15) is 5.75 Å². The number of alkyl halides is 3. The molecule has 3 aromatic rings. The minimum absolute atomic E-state index is 0.00678. The number of carboxylic acid groups (broad SMARTS) is 1. The third-order valence-electron chi connectivity index (χ3n) is 4.57. The van der Waals surface area contributed by atoms with E-state index in [0.29, 0.717) is 15.3 Å². The van der Waals surface area contributed by atoms with Crippen LogP contribution in [0.2, 0.25) is 0 Å². The highest BCUT2D eigenvalue weighted by atomic mass is 32.2. The molecule has 0 fully saturated rings. The first-order valence-corrected chi connectivity index (χ1v) is 11.7. The molecule has 0 unspecified atom stereocenters. The van der Waals surface area contributed by atoms with Crippen molar-refractivity contribution in [2.24, 2.45) is 0 Å². The minimum atomic E-state index is -4.46. The van der Waals surface area contributed by atoms with Crippen molar-refractivity contribution in [2.45, 2.75) is 36.2 Å². The van der Waals surface area contributed by atoms with Crippen molar-refractivity contribution in [3.05, 3.63) is 64.5 Å². The van der Waals surface area contributed by atoms with Gasteiger partial charge in [-0.25, -0.2) is 8.42 Å². The van der Waals surface area contributed by atoms with E-state index in [0.717, 1.165) is 23.5 Å². The average molecular weight is 485 g/mol. The number of rotatable bonds is 7. The maximum absolute atomic E-state index is 13.3. The molecule has 0 spiro atoms. The molecule has 170 valence electrons. The Labute approximate surface area is 187 Å². The fourth-order valence-corrected chi connectivity index (χ4v) is 6.07. The normalized spacial score (nSPS) is 12.0. The number of hydrogen-bond donors (Lipinski definition) is 1. The van der Waals surface area contributed by atoms with Gasteiger partial charge in [-0.2, -0.15) is 13.2 Å². The van der Waals surface area contributed by atoms with Crippen LogP contribution in [-0.4, -0.2) is 26.1 Å². The fraction of sp³-hybridized carbons (Fsp3) is 0.227. The zero-order valence-corrected chi connectivity index (χ0v) is 18.7. The first-order valence-electron chi connectivity index (χ1n) is 9.43. The van der Waals surface area contributed by atoms with E-state index in [1.54, 1.807) is 13.8 Å². The predicted octanol–water partition coefficient (Wildman–Crippen LogP) is 5.60. The van der Waals surface area contributed by atoms with Gasteiger partial charge in [-0.3, -0.25) is 4.79 Å². The number of hydrogen-bond acceptors (Lipinski definition) is 5. The largest absolute Gasteiger partial charge is 0.494 e. The van der Waals surface area contributed by atoms with E-state index in [1.807, 2.05) is 0 Å². The lowest BCUT2D eigenvalue weighted by molar-refractivity contribution is -0.138. The molecular weight excluding hydrogens is 465 g/mol. The number of thiophene rings is 1. The Bertz CT molecular complexity index is 1240. The molecule has 32 heavy (non-hydrogen) atoms. The van der Waals surface area contributed by atoms with E-state index < -0.39 is 27.5 Å². The molecule has 3 rings (SSSR count). The van der Waals surface area contributed by atoms with Crippen LogP contribution in [0.15, 0.2) is 58.3 Å². The van der Waals surface area contributed by atoms with Gasteiger partial charge in [0.15, 0.2) is 0 Å². The highest BCUT2D eigenvalue weighted by molar-refractivity contribution is 7.91. The standard InChI is InChI=1S/C22H19F3O5S2/c1-3-30-17-8-14(10-21(26)27)9-18(11-17)32(28,29)20-12-19(31-13(20)2)15-4-6-16(7-5-15)22(23,24)25/h4-9,11-12H,3,10H2,1-2H3,(H,26,27). The molecule has 0 saturated carbocycles. The van der Waals surface area contributed by atoms with Gasteiger partial charge in [-0.05, 0) is 61.4 Å². The van der Waals surface area contributed by atoms with Gasteiger partial charge in [0.2, 0.25) is 9.84 Å². The van der Waals surface area contributed by atoms with Crippen LogP contribution in [0.1, 0.15) is 22.9 Å². The highest BCUT2D eigenvalue weighted by Gasteiger charge is 2.30. The first-order chi connectivity index (χ1) is 14.9. The number of aliphatic carboxylic acids is 1. The second-order valence-electron chi connectivity index (χ2n) is 6.93. The maximum Gasteiger partial charge on any atom is 0.416 e. The van der Waals surface area contributed by atoms with Crippen LogP contribution >= 0.6 is 11.3 Å². The smallest absolute Gasteiger partial charge is 0.416 e. The Kier molecular flexibility index (Phi) is 6.66. The molecule has 1 heterocycles. The second-order valence-corrected chi connectivity index (χ2v) is 10.1. The van der Waals surface area contributed by atoms with Crippen molar-refractivity contribution < 1.29 is 36.2 Å². The van der Waals surface area contributed by atoms with Gasteiger partial charge in [0, 0.05) is 9.75 Å². The van der Waals surface area contributed by atoms with Gasteiger partial charge < -0.3 is 9.84 Å². The molecule has 0 aliphatic heterocycles. The van der Waals surface area contributed by atoms with Crippen LogP contribution in [0.25, 0.3) is 10.4 Å². The Balaban J connectivity index is 2.04. The third kappa shape index (κ3) is 5.13. The van der Waals surface area contributed by atoms with Crippen LogP contribution in [-0.2, 0) is 27.2 Å². The number of carboxylic acids is 1. The molecule has 5 nitrogen and oxygen atoms in total. The van der Waals surface area contributed by atoms with Crippen LogP contribution < -0.4 is 4.74 Å². The summed E-state index contributed by atoms with van der Waals surface area (Å²) >= 11 is 1.15. The molecule has 0 atom stereocenters. The molecule has 0 radical (unpaired) electrons. The molecule has 1 aromatic heterocycles. The van der Waals surface area contributed by atoms with Gasteiger partial charge >= 0.3 is 12.1 Å². The summed E-state index contributed by atoms with van der Waals surface area (Å²) in [7, 11) is -4.03. The van der Waals surface area contributed by atoms with Crippen molar-refractivity contribution in [1.82, 2.24) is 0 Å².